The van der Waals surface area contributed by atoms with Gasteiger partial charge in [0.2, 0.25) is 0 Å². The van der Waals surface area contributed by atoms with E-state index in [1.54, 1.807) is 18.2 Å². The molecule has 0 bridgehead atoms. The van der Waals surface area contributed by atoms with Crippen molar-refractivity contribution in [1.82, 2.24) is 5.32 Å². The van der Waals surface area contributed by atoms with E-state index in [1.807, 2.05) is 37.3 Å². The molecule has 1 atom stereocenters. The number of halogens is 1. The number of ether oxygens (including phenoxy) is 1. The van der Waals surface area contributed by atoms with Crippen LogP contribution in [0.2, 0.25) is 5.02 Å². The van der Waals surface area contributed by atoms with Crippen LogP contribution in [0.1, 0.15) is 19.8 Å². The summed E-state index contributed by atoms with van der Waals surface area (Å²) in [5.41, 5.74) is 0.475. The predicted molar refractivity (Wildman–Crippen MR) is 95.9 cm³/mol. The SMILES string of the molecule is CCC(CCO)NC(=O)Nc1cc(Cl)ccc1Oc1ccccc1. The fraction of sp³-hybridized carbons (Fsp3) is 0.278. The Bertz CT molecular complexity index is 665. The molecule has 0 saturated heterocycles. The molecule has 3 N–H and O–H groups in total. The zero-order valence-corrected chi connectivity index (χ0v) is 14.2. The van der Waals surface area contributed by atoms with E-state index in [2.05, 4.69) is 10.6 Å². The number of carbonyl (C=O) groups is 1. The van der Waals surface area contributed by atoms with Gasteiger partial charge in [0.25, 0.3) is 0 Å². The first kappa shape index (κ1) is 18.1. The summed E-state index contributed by atoms with van der Waals surface area (Å²) in [6.07, 6.45) is 1.24. The van der Waals surface area contributed by atoms with Gasteiger partial charge in [-0.2, -0.15) is 0 Å². The van der Waals surface area contributed by atoms with E-state index in [0.29, 0.717) is 28.6 Å². The summed E-state index contributed by atoms with van der Waals surface area (Å²) >= 11 is 6.03. The monoisotopic (exact) mass is 348 g/mol. The van der Waals surface area contributed by atoms with Crippen molar-refractivity contribution in [2.75, 3.05) is 11.9 Å². The summed E-state index contributed by atoms with van der Waals surface area (Å²) < 4.78 is 5.80. The van der Waals surface area contributed by atoms with Gasteiger partial charge in [0.15, 0.2) is 5.75 Å². The van der Waals surface area contributed by atoms with Gasteiger partial charge >= 0.3 is 6.03 Å². The Morgan fingerprint density at radius 2 is 2.00 bits per heavy atom. The van der Waals surface area contributed by atoms with Gasteiger partial charge in [-0.1, -0.05) is 36.7 Å². The first-order chi connectivity index (χ1) is 11.6. The molecular weight excluding hydrogens is 328 g/mol. The number of anilines is 1. The maximum absolute atomic E-state index is 12.2. The molecule has 5 nitrogen and oxygen atoms in total. The topological polar surface area (TPSA) is 70.6 Å². The van der Waals surface area contributed by atoms with Gasteiger partial charge in [-0.05, 0) is 43.2 Å². The second kappa shape index (κ2) is 9.15. The summed E-state index contributed by atoms with van der Waals surface area (Å²) in [6.45, 7) is 1.97. The lowest BCUT2D eigenvalue weighted by molar-refractivity contribution is 0.237. The summed E-state index contributed by atoms with van der Waals surface area (Å²) in [7, 11) is 0. The minimum atomic E-state index is -0.365. The molecule has 128 valence electrons. The van der Waals surface area contributed by atoms with Crippen molar-refractivity contribution in [2.45, 2.75) is 25.8 Å². The number of rotatable bonds is 7. The second-order valence-electron chi connectivity index (χ2n) is 5.27. The van der Waals surface area contributed by atoms with Crippen LogP contribution in [-0.4, -0.2) is 23.8 Å². The first-order valence-electron chi connectivity index (χ1n) is 7.83. The highest BCUT2D eigenvalue weighted by Crippen LogP contribution is 2.31. The van der Waals surface area contributed by atoms with Gasteiger partial charge in [-0.25, -0.2) is 4.79 Å². The van der Waals surface area contributed by atoms with E-state index in [-0.39, 0.29) is 18.7 Å². The average Bonchev–Trinajstić information content (AvgIpc) is 2.58. The Balaban J connectivity index is 2.11. The maximum atomic E-state index is 12.2. The zero-order chi connectivity index (χ0) is 17.4. The number of amides is 2. The van der Waals surface area contributed by atoms with Gasteiger partial charge in [0, 0.05) is 17.7 Å². The van der Waals surface area contributed by atoms with E-state index in [0.717, 1.165) is 6.42 Å². The van der Waals surface area contributed by atoms with Crippen LogP contribution in [0.15, 0.2) is 48.5 Å². The Labute approximate surface area is 146 Å². The molecule has 0 aromatic heterocycles. The van der Waals surface area contributed by atoms with Gasteiger partial charge in [-0.3, -0.25) is 0 Å². The Morgan fingerprint density at radius 1 is 1.25 bits per heavy atom. The molecule has 0 saturated carbocycles. The van der Waals surface area contributed by atoms with Gasteiger partial charge in [0.1, 0.15) is 5.75 Å². The quantitative estimate of drug-likeness (QED) is 0.693. The minimum Gasteiger partial charge on any atom is -0.455 e. The van der Waals surface area contributed by atoms with Crippen molar-refractivity contribution in [3.8, 4) is 11.5 Å². The maximum Gasteiger partial charge on any atom is 0.319 e. The van der Waals surface area contributed by atoms with Gasteiger partial charge < -0.3 is 20.5 Å². The lowest BCUT2D eigenvalue weighted by Crippen LogP contribution is -2.38. The summed E-state index contributed by atoms with van der Waals surface area (Å²) in [5, 5.41) is 15.1. The Hall–Kier alpha value is -2.24. The number of hydrogen-bond acceptors (Lipinski definition) is 3. The number of aliphatic hydroxyl groups excluding tert-OH is 1. The molecule has 24 heavy (non-hydrogen) atoms. The third-order valence-electron chi connectivity index (χ3n) is 3.47. The van der Waals surface area contributed by atoms with Crippen LogP contribution in [0, 0.1) is 0 Å². The molecule has 0 radical (unpaired) electrons. The third kappa shape index (κ3) is 5.44. The van der Waals surface area contributed by atoms with Crippen molar-refractivity contribution in [1.29, 1.82) is 0 Å². The Kier molecular flexibility index (Phi) is 6.90. The van der Waals surface area contributed by atoms with E-state index >= 15 is 0 Å². The second-order valence-corrected chi connectivity index (χ2v) is 5.71. The fourth-order valence-electron chi connectivity index (χ4n) is 2.18. The summed E-state index contributed by atoms with van der Waals surface area (Å²) in [6, 6.07) is 13.9. The molecule has 1 unspecified atom stereocenters. The number of benzene rings is 2. The average molecular weight is 349 g/mol. The van der Waals surface area contributed by atoms with Crippen LogP contribution in [0.3, 0.4) is 0 Å². The molecule has 0 aliphatic carbocycles. The normalized spacial score (nSPS) is 11.6. The molecule has 0 heterocycles. The summed E-state index contributed by atoms with van der Waals surface area (Å²) in [5.74, 6) is 1.16. The number of hydrogen-bond donors (Lipinski definition) is 3. The van der Waals surface area contributed by atoms with Crippen molar-refractivity contribution in [3.05, 3.63) is 53.6 Å². The fourth-order valence-corrected chi connectivity index (χ4v) is 2.35. The van der Waals surface area contributed by atoms with E-state index in [9.17, 15) is 4.79 Å². The lowest BCUT2D eigenvalue weighted by atomic mass is 10.2. The molecule has 2 aromatic carbocycles. The molecule has 0 aliphatic heterocycles. The van der Waals surface area contributed by atoms with Gasteiger partial charge in [-0.15, -0.1) is 0 Å². The molecule has 2 rings (SSSR count). The number of carbonyl (C=O) groups excluding carboxylic acids is 1. The van der Waals surface area contributed by atoms with Crippen LogP contribution in [0.5, 0.6) is 11.5 Å². The van der Waals surface area contributed by atoms with Crippen molar-refractivity contribution >= 4 is 23.3 Å². The molecule has 0 spiro atoms. The van der Waals surface area contributed by atoms with Crippen LogP contribution in [-0.2, 0) is 0 Å². The van der Waals surface area contributed by atoms with Crippen molar-refractivity contribution < 1.29 is 14.6 Å². The highest BCUT2D eigenvalue weighted by molar-refractivity contribution is 6.31. The lowest BCUT2D eigenvalue weighted by Gasteiger charge is -2.18. The molecule has 0 aliphatic rings. The number of aliphatic hydroxyl groups is 1. The molecule has 6 heteroatoms. The largest absolute Gasteiger partial charge is 0.455 e. The van der Waals surface area contributed by atoms with Crippen LogP contribution >= 0.6 is 11.6 Å². The molecule has 2 aromatic rings. The van der Waals surface area contributed by atoms with E-state index in [4.69, 9.17) is 21.4 Å². The minimum absolute atomic E-state index is 0.0261. The van der Waals surface area contributed by atoms with Crippen molar-refractivity contribution in [3.63, 3.8) is 0 Å². The first-order valence-corrected chi connectivity index (χ1v) is 8.21. The number of nitrogens with one attached hydrogen (secondary N) is 2. The molecular formula is C18H21ClN2O3. The van der Waals surface area contributed by atoms with E-state index in [1.165, 1.54) is 0 Å². The zero-order valence-electron chi connectivity index (χ0n) is 13.5. The smallest absolute Gasteiger partial charge is 0.319 e. The summed E-state index contributed by atoms with van der Waals surface area (Å²) in [4.78, 5) is 12.2. The predicted octanol–water partition coefficient (Wildman–Crippen LogP) is 4.41. The highest BCUT2D eigenvalue weighted by Gasteiger charge is 2.13. The third-order valence-corrected chi connectivity index (χ3v) is 3.70. The van der Waals surface area contributed by atoms with E-state index < -0.39 is 0 Å². The van der Waals surface area contributed by atoms with Gasteiger partial charge in [0.05, 0.1) is 5.69 Å². The number of urea groups is 1. The van der Waals surface area contributed by atoms with Crippen LogP contribution in [0.4, 0.5) is 10.5 Å². The standard InChI is InChI=1S/C18H21ClN2O3/c1-2-14(10-11-22)20-18(23)21-16-12-13(19)8-9-17(16)24-15-6-4-3-5-7-15/h3-9,12,14,22H,2,10-11H2,1H3,(H2,20,21,23). The Morgan fingerprint density at radius 3 is 2.67 bits per heavy atom. The molecule has 0 fully saturated rings. The number of para-hydroxylation sites is 1. The van der Waals surface area contributed by atoms with Crippen molar-refractivity contribution in [2.24, 2.45) is 0 Å². The van der Waals surface area contributed by atoms with Crippen LogP contribution < -0.4 is 15.4 Å². The molecule has 2 amide bonds. The van der Waals surface area contributed by atoms with Crippen LogP contribution in [0.25, 0.3) is 0 Å². The highest BCUT2D eigenvalue weighted by atomic mass is 35.5.